The van der Waals surface area contributed by atoms with E-state index in [-0.39, 0.29) is 0 Å². The molecule has 0 unspecified atom stereocenters. The fraction of sp³-hybridized carbons (Fsp3) is 0.333. The van der Waals surface area contributed by atoms with Gasteiger partial charge in [0.05, 0.1) is 0 Å². The number of halogens is 1. The third kappa shape index (κ3) is 2.01. The Morgan fingerprint density at radius 2 is 2.20 bits per heavy atom. The van der Waals surface area contributed by atoms with E-state index < -0.39 is 0 Å². The van der Waals surface area contributed by atoms with Crippen LogP contribution in [0.1, 0.15) is 11.3 Å². The number of rotatable bonds is 3. The summed E-state index contributed by atoms with van der Waals surface area (Å²) in [6.45, 7) is 3.10. The number of fused-ring (bicyclic) bond motifs is 1. The van der Waals surface area contributed by atoms with Crippen LogP contribution in [0.25, 0.3) is 10.9 Å². The first kappa shape index (κ1) is 10.5. The summed E-state index contributed by atoms with van der Waals surface area (Å²) < 4.78 is 0. The molecule has 0 radical (unpaired) electrons. The molecule has 0 amide bonds. The van der Waals surface area contributed by atoms with E-state index in [1.807, 2.05) is 25.2 Å². The Labute approximate surface area is 94.6 Å². The molecule has 0 aliphatic carbocycles. The van der Waals surface area contributed by atoms with Gasteiger partial charge in [-0.2, -0.15) is 0 Å². The van der Waals surface area contributed by atoms with Crippen LogP contribution in [0.2, 0.25) is 5.02 Å². The van der Waals surface area contributed by atoms with Crippen molar-refractivity contribution in [2.45, 2.75) is 13.3 Å². The first-order chi connectivity index (χ1) is 7.22. The highest BCUT2D eigenvalue weighted by Gasteiger charge is 2.07. The lowest BCUT2D eigenvalue weighted by Gasteiger charge is -2.00. The van der Waals surface area contributed by atoms with E-state index in [0.29, 0.717) is 0 Å². The van der Waals surface area contributed by atoms with Crippen molar-refractivity contribution in [3.8, 4) is 0 Å². The van der Waals surface area contributed by atoms with Gasteiger partial charge in [0, 0.05) is 21.6 Å². The van der Waals surface area contributed by atoms with Crippen molar-refractivity contribution in [2.75, 3.05) is 13.6 Å². The average molecular weight is 223 g/mol. The molecule has 3 heteroatoms. The summed E-state index contributed by atoms with van der Waals surface area (Å²) in [4.78, 5) is 3.38. The zero-order valence-corrected chi connectivity index (χ0v) is 9.78. The minimum Gasteiger partial charge on any atom is -0.358 e. The Morgan fingerprint density at radius 3 is 2.93 bits per heavy atom. The fourth-order valence-corrected chi connectivity index (χ4v) is 2.10. The van der Waals surface area contributed by atoms with Gasteiger partial charge in [-0.05, 0) is 50.7 Å². The minimum absolute atomic E-state index is 0.798. The number of nitrogens with one attached hydrogen (secondary N) is 2. The van der Waals surface area contributed by atoms with Gasteiger partial charge in [0.2, 0.25) is 0 Å². The highest BCUT2D eigenvalue weighted by atomic mass is 35.5. The van der Waals surface area contributed by atoms with Crippen molar-refractivity contribution in [3.63, 3.8) is 0 Å². The lowest BCUT2D eigenvalue weighted by Crippen LogP contribution is -2.10. The van der Waals surface area contributed by atoms with Crippen LogP contribution in [-0.2, 0) is 6.42 Å². The third-order valence-electron chi connectivity index (χ3n) is 2.71. The molecule has 1 aromatic heterocycles. The van der Waals surface area contributed by atoms with Gasteiger partial charge in [-0.15, -0.1) is 0 Å². The largest absolute Gasteiger partial charge is 0.358 e. The van der Waals surface area contributed by atoms with Gasteiger partial charge in [-0.1, -0.05) is 11.6 Å². The maximum absolute atomic E-state index is 6.00. The van der Waals surface area contributed by atoms with Crippen LogP contribution in [0.4, 0.5) is 0 Å². The van der Waals surface area contributed by atoms with Crippen LogP contribution in [0.15, 0.2) is 18.2 Å². The molecule has 0 saturated carbocycles. The molecule has 0 aliphatic rings. The Kier molecular flexibility index (Phi) is 2.98. The molecule has 0 bridgehead atoms. The van der Waals surface area contributed by atoms with Gasteiger partial charge in [-0.3, -0.25) is 0 Å². The zero-order chi connectivity index (χ0) is 10.8. The summed E-state index contributed by atoms with van der Waals surface area (Å²) in [5.41, 5.74) is 3.77. The third-order valence-corrected chi connectivity index (χ3v) is 2.94. The smallest absolute Gasteiger partial charge is 0.0459 e. The molecule has 0 aliphatic heterocycles. The Hall–Kier alpha value is -0.990. The maximum Gasteiger partial charge on any atom is 0.0459 e. The van der Waals surface area contributed by atoms with Crippen LogP contribution < -0.4 is 5.32 Å². The van der Waals surface area contributed by atoms with E-state index in [9.17, 15) is 0 Å². The second-order valence-corrected chi connectivity index (χ2v) is 4.21. The molecule has 15 heavy (non-hydrogen) atoms. The van der Waals surface area contributed by atoms with Crippen LogP contribution >= 0.6 is 11.6 Å². The topological polar surface area (TPSA) is 27.8 Å². The average Bonchev–Trinajstić information content (AvgIpc) is 2.51. The molecular formula is C12H15ClN2. The van der Waals surface area contributed by atoms with Crippen molar-refractivity contribution >= 4 is 22.5 Å². The zero-order valence-electron chi connectivity index (χ0n) is 9.02. The standard InChI is InChI=1S/C12H15ClN2/c1-8-10(5-6-14-2)11-7-9(13)3-4-12(11)15-8/h3-4,7,14-15H,5-6H2,1-2H3. The molecule has 2 aromatic rings. The van der Waals surface area contributed by atoms with Gasteiger partial charge in [0.15, 0.2) is 0 Å². The summed E-state index contributed by atoms with van der Waals surface area (Å²) in [5, 5.41) is 5.21. The van der Waals surface area contributed by atoms with E-state index in [2.05, 4.69) is 17.2 Å². The molecule has 1 aromatic carbocycles. The van der Waals surface area contributed by atoms with E-state index in [1.54, 1.807) is 0 Å². The summed E-state index contributed by atoms with van der Waals surface area (Å²) in [6, 6.07) is 5.99. The summed E-state index contributed by atoms with van der Waals surface area (Å²) in [5.74, 6) is 0. The van der Waals surface area contributed by atoms with Gasteiger partial charge < -0.3 is 10.3 Å². The monoisotopic (exact) mass is 222 g/mol. The first-order valence-corrected chi connectivity index (χ1v) is 5.51. The molecule has 0 spiro atoms. The molecule has 0 saturated heterocycles. The van der Waals surface area contributed by atoms with Crippen molar-refractivity contribution in [2.24, 2.45) is 0 Å². The van der Waals surface area contributed by atoms with Crippen molar-refractivity contribution in [3.05, 3.63) is 34.5 Å². The predicted molar refractivity (Wildman–Crippen MR) is 65.7 cm³/mol. The first-order valence-electron chi connectivity index (χ1n) is 5.13. The van der Waals surface area contributed by atoms with Gasteiger partial charge in [0.25, 0.3) is 0 Å². The molecule has 2 rings (SSSR count). The van der Waals surface area contributed by atoms with Crippen LogP contribution in [0, 0.1) is 6.92 Å². The summed E-state index contributed by atoms with van der Waals surface area (Å²) in [6.07, 6.45) is 1.03. The molecule has 0 atom stereocenters. The molecule has 1 heterocycles. The van der Waals surface area contributed by atoms with Crippen LogP contribution in [0.5, 0.6) is 0 Å². The lowest BCUT2D eigenvalue weighted by atomic mass is 10.1. The SMILES string of the molecule is CNCCc1c(C)[nH]c2ccc(Cl)cc12. The fourth-order valence-electron chi connectivity index (χ4n) is 1.93. The van der Waals surface area contributed by atoms with Crippen LogP contribution in [0.3, 0.4) is 0 Å². The summed E-state index contributed by atoms with van der Waals surface area (Å²) in [7, 11) is 1.97. The number of hydrogen-bond donors (Lipinski definition) is 2. The van der Waals surface area contributed by atoms with Crippen molar-refractivity contribution < 1.29 is 0 Å². The van der Waals surface area contributed by atoms with E-state index >= 15 is 0 Å². The number of aromatic amines is 1. The number of aryl methyl sites for hydroxylation is 1. The van der Waals surface area contributed by atoms with Crippen molar-refractivity contribution in [1.29, 1.82) is 0 Å². The quantitative estimate of drug-likeness (QED) is 0.821. The van der Waals surface area contributed by atoms with E-state index in [1.165, 1.54) is 22.2 Å². The molecule has 2 N–H and O–H groups in total. The second-order valence-electron chi connectivity index (χ2n) is 3.77. The lowest BCUT2D eigenvalue weighted by molar-refractivity contribution is 0.791. The normalized spacial score (nSPS) is 11.1. The Balaban J connectivity index is 2.50. The Bertz CT molecular complexity index is 474. The number of likely N-dealkylation sites (N-methyl/N-ethyl adjacent to an activating group) is 1. The Morgan fingerprint density at radius 1 is 1.40 bits per heavy atom. The van der Waals surface area contributed by atoms with E-state index in [0.717, 1.165) is 18.0 Å². The van der Waals surface area contributed by atoms with Gasteiger partial charge in [-0.25, -0.2) is 0 Å². The maximum atomic E-state index is 6.00. The van der Waals surface area contributed by atoms with Gasteiger partial charge >= 0.3 is 0 Å². The highest BCUT2D eigenvalue weighted by Crippen LogP contribution is 2.25. The minimum atomic E-state index is 0.798. The summed E-state index contributed by atoms with van der Waals surface area (Å²) >= 11 is 6.00. The number of hydrogen-bond acceptors (Lipinski definition) is 1. The molecule has 0 fully saturated rings. The number of aromatic nitrogens is 1. The predicted octanol–water partition coefficient (Wildman–Crippen LogP) is 2.89. The second kappa shape index (κ2) is 4.25. The molecular weight excluding hydrogens is 208 g/mol. The van der Waals surface area contributed by atoms with Crippen molar-refractivity contribution in [1.82, 2.24) is 10.3 Å². The molecule has 2 nitrogen and oxygen atoms in total. The van der Waals surface area contributed by atoms with Crippen LogP contribution in [-0.4, -0.2) is 18.6 Å². The number of benzene rings is 1. The molecule has 80 valence electrons. The van der Waals surface area contributed by atoms with E-state index in [4.69, 9.17) is 11.6 Å². The highest BCUT2D eigenvalue weighted by molar-refractivity contribution is 6.31. The number of H-pyrrole nitrogens is 1. The van der Waals surface area contributed by atoms with Gasteiger partial charge in [0.1, 0.15) is 0 Å².